The number of likely N-dealkylation sites (N-methyl/N-ethyl adjacent to an activating group) is 2. The zero-order valence-corrected chi connectivity index (χ0v) is 37.4. The van der Waals surface area contributed by atoms with Crippen LogP contribution in [0.5, 0.6) is 0 Å². The van der Waals surface area contributed by atoms with Crippen LogP contribution in [0.15, 0.2) is 0 Å². The van der Waals surface area contributed by atoms with Crippen molar-refractivity contribution in [2.24, 2.45) is 0 Å². The number of carbonyl (C=O) groups is 2. The highest BCUT2D eigenvalue weighted by molar-refractivity contribution is 5.77. The second kappa shape index (κ2) is 40.1. The molecule has 6 nitrogen and oxygen atoms in total. The maximum absolute atomic E-state index is 12.5. The smallest absolute Gasteiger partial charge is 0.275 e. The molecule has 0 fully saturated rings. The van der Waals surface area contributed by atoms with Gasteiger partial charge in [0, 0.05) is 13.1 Å². The average Bonchev–Trinajstić information content (AvgIpc) is 3.06. The van der Waals surface area contributed by atoms with Crippen molar-refractivity contribution in [1.29, 1.82) is 0 Å². The number of hydrogen-bond donors (Lipinski definition) is 2. The minimum absolute atomic E-state index is 0. The zero-order valence-electron chi connectivity index (χ0n) is 35.9. The van der Waals surface area contributed by atoms with Gasteiger partial charge in [0.05, 0.1) is 41.3 Å². The van der Waals surface area contributed by atoms with Gasteiger partial charge in [-0.3, -0.25) is 9.59 Å². The third-order valence-electron chi connectivity index (χ3n) is 10.6. The fraction of sp³-hybridized carbons (Fsp3) is 0.955. The Morgan fingerprint density at radius 3 is 0.808 bits per heavy atom. The van der Waals surface area contributed by atoms with Gasteiger partial charge in [0.15, 0.2) is 13.1 Å². The molecule has 0 aliphatic heterocycles. The molecule has 0 rings (SSSR count). The van der Waals surface area contributed by atoms with E-state index in [1.165, 1.54) is 180 Å². The number of quaternary nitrogens is 2. The van der Waals surface area contributed by atoms with Crippen LogP contribution in [0.4, 0.5) is 0 Å². The van der Waals surface area contributed by atoms with Gasteiger partial charge in [-0.15, -0.1) is 0 Å². The summed E-state index contributed by atoms with van der Waals surface area (Å²) in [6.07, 6.45) is 39.6. The first-order valence-corrected chi connectivity index (χ1v) is 22.3. The molecule has 0 atom stereocenters. The molecule has 2 amide bonds. The van der Waals surface area contributed by atoms with E-state index in [-0.39, 0.29) is 36.6 Å². The summed E-state index contributed by atoms with van der Waals surface area (Å²) >= 11 is 0. The number of unbranched alkanes of at least 4 members (excludes halogenated alkanes) is 27. The fourth-order valence-corrected chi connectivity index (χ4v) is 7.22. The quantitative estimate of drug-likeness (QED) is 0.0673. The van der Waals surface area contributed by atoms with E-state index in [2.05, 4.69) is 52.7 Å². The molecule has 0 aromatic heterocycles. The van der Waals surface area contributed by atoms with Crippen LogP contribution in [0.3, 0.4) is 0 Å². The Labute approximate surface area is 338 Å². The molecular weight excluding hydrogens is 687 g/mol. The van der Waals surface area contributed by atoms with E-state index in [4.69, 9.17) is 0 Å². The van der Waals surface area contributed by atoms with E-state index < -0.39 is 0 Å². The standard InChI is InChI=1S/C44H90N4O2.2ClH/c1-7-9-11-13-15-17-21-25-29-33-37-45-43(49)41-47(3,4)39-35-31-27-23-19-20-24-28-32-36-40-48(5,6)42-44(50)46-38-34-30-26-22-18-16-14-12-10-8-2;;/h7-42H2,1-6H3;2*1H. The van der Waals surface area contributed by atoms with Gasteiger partial charge in [0.1, 0.15) is 0 Å². The van der Waals surface area contributed by atoms with E-state index in [0.717, 1.165) is 48.0 Å². The van der Waals surface area contributed by atoms with Gasteiger partial charge in [0.2, 0.25) is 0 Å². The first-order valence-electron chi connectivity index (χ1n) is 22.3. The van der Waals surface area contributed by atoms with Gasteiger partial charge < -0.3 is 44.4 Å². The monoisotopic (exact) mass is 779 g/mol. The molecular formula is C44H92Cl2N4O2. The predicted octanol–water partition coefficient (Wildman–Crippen LogP) is 5.12. The number of amides is 2. The van der Waals surface area contributed by atoms with Crippen LogP contribution >= 0.6 is 0 Å². The maximum Gasteiger partial charge on any atom is 0.275 e. The maximum atomic E-state index is 12.5. The summed E-state index contributed by atoms with van der Waals surface area (Å²) in [7, 11) is 8.81. The summed E-state index contributed by atoms with van der Waals surface area (Å²) in [5.41, 5.74) is 0. The molecule has 2 N–H and O–H groups in total. The molecule has 0 saturated heterocycles. The van der Waals surface area contributed by atoms with E-state index in [0.29, 0.717) is 13.1 Å². The van der Waals surface area contributed by atoms with E-state index >= 15 is 0 Å². The number of halogens is 2. The van der Waals surface area contributed by atoms with Crippen LogP contribution in [0.2, 0.25) is 0 Å². The summed E-state index contributed by atoms with van der Waals surface area (Å²) in [5, 5.41) is 6.34. The molecule has 8 heteroatoms. The number of nitrogens with zero attached hydrogens (tertiary/aromatic N) is 2. The SMILES string of the molecule is CCCCCCCCCCCCNC(=O)C[N+](C)(C)CCCCCCCCCCCC[N+](C)(C)CC(=O)NCCCCCCCCCCCC.[Cl-].[Cl-]. The van der Waals surface area contributed by atoms with E-state index in [9.17, 15) is 9.59 Å². The summed E-state index contributed by atoms with van der Waals surface area (Å²) in [6, 6.07) is 0. The van der Waals surface area contributed by atoms with Crippen LogP contribution < -0.4 is 35.4 Å². The van der Waals surface area contributed by atoms with Crippen molar-refractivity contribution in [3.05, 3.63) is 0 Å². The van der Waals surface area contributed by atoms with Crippen molar-refractivity contribution in [3.63, 3.8) is 0 Å². The van der Waals surface area contributed by atoms with Crippen LogP contribution in [0.25, 0.3) is 0 Å². The summed E-state index contributed by atoms with van der Waals surface area (Å²) in [6.45, 7) is 9.59. The van der Waals surface area contributed by atoms with E-state index in [1.54, 1.807) is 0 Å². The third kappa shape index (κ3) is 42.2. The van der Waals surface area contributed by atoms with Crippen molar-refractivity contribution >= 4 is 11.8 Å². The zero-order chi connectivity index (χ0) is 37.0. The second-order valence-electron chi connectivity index (χ2n) is 17.2. The van der Waals surface area contributed by atoms with Gasteiger partial charge in [-0.2, -0.15) is 0 Å². The topological polar surface area (TPSA) is 58.2 Å². The summed E-state index contributed by atoms with van der Waals surface area (Å²) in [5.74, 6) is 0.433. The van der Waals surface area contributed by atoms with Crippen LogP contribution in [0.1, 0.15) is 206 Å². The molecule has 0 aromatic rings. The third-order valence-corrected chi connectivity index (χ3v) is 10.6. The number of rotatable bonds is 39. The Balaban J connectivity index is -0.0000120. The van der Waals surface area contributed by atoms with Gasteiger partial charge in [-0.05, 0) is 38.5 Å². The highest BCUT2D eigenvalue weighted by Gasteiger charge is 2.20. The molecule has 0 aromatic carbocycles. The Bertz CT molecular complexity index is 705. The Hall–Kier alpha value is -0.560. The fourth-order valence-electron chi connectivity index (χ4n) is 7.22. The normalized spacial score (nSPS) is 11.6. The Kier molecular flexibility index (Phi) is 43.0. The number of nitrogens with one attached hydrogen (secondary N) is 2. The number of hydrogen-bond acceptors (Lipinski definition) is 2. The van der Waals surface area contributed by atoms with Crippen molar-refractivity contribution < 1.29 is 43.4 Å². The molecule has 52 heavy (non-hydrogen) atoms. The minimum Gasteiger partial charge on any atom is -1.00 e. The van der Waals surface area contributed by atoms with Gasteiger partial charge in [-0.25, -0.2) is 0 Å². The van der Waals surface area contributed by atoms with Crippen LogP contribution in [-0.2, 0) is 9.59 Å². The van der Waals surface area contributed by atoms with Gasteiger partial charge in [0.25, 0.3) is 11.8 Å². The largest absolute Gasteiger partial charge is 1.00 e. The first kappa shape index (κ1) is 55.8. The molecule has 0 heterocycles. The van der Waals surface area contributed by atoms with Crippen molar-refractivity contribution in [1.82, 2.24) is 10.6 Å². The molecule has 0 aliphatic carbocycles. The summed E-state index contributed by atoms with van der Waals surface area (Å²) in [4.78, 5) is 24.9. The van der Waals surface area contributed by atoms with Crippen molar-refractivity contribution in [3.8, 4) is 0 Å². The lowest BCUT2D eigenvalue weighted by molar-refractivity contribution is -0.882. The Morgan fingerprint density at radius 1 is 0.346 bits per heavy atom. The molecule has 0 bridgehead atoms. The van der Waals surface area contributed by atoms with Gasteiger partial charge >= 0.3 is 0 Å². The summed E-state index contributed by atoms with van der Waals surface area (Å²) < 4.78 is 1.59. The Morgan fingerprint density at radius 2 is 0.558 bits per heavy atom. The molecule has 0 spiro atoms. The lowest BCUT2D eigenvalue weighted by atomic mass is 10.1. The second-order valence-corrected chi connectivity index (χ2v) is 17.2. The molecule has 314 valence electrons. The molecule has 0 aliphatic rings. The molecule has 0 radical (unpaired) electrons. The van der Waals surface area contributed by atoms with Crippen LogP contribution in [-0.4, -0.2) is 88.2 Å². The highest BCUT2D eigenvalue weighted by atomic mass is 35.5. The lowest BCUT2D eigenvalue weighted by Crippen LogP contribution is -3.00. The molecule has 0 saturated carbocycles. The first-order chi connectivity index (χ1) is 24.1. The van der Waals surface area contributed by atoms with Gasteiger partial charge in [-0.1, -0.05) is 168 Å². The van der Waals surface area contributed by atoms with Crippen molar-refractivity contribution in [2.75, 3.05) is 67.5 Å². The minimum atomic E-state index is 0. The van der Waals surface area contributed by atoms with Crippen molar-refractivity contribution in [2.45, 2.75) is 206 Å². The highest BCUT2D eigenvalue weighted by Crippen LogP contribution is 2.14. The van der Waals surface area contributed by atoms with E-state index in [1.807, 2.05) is 0 Å². The lowest BCUT2D eigenvalue weighted by Gasteiger charge is -2.29. The predicted molar refractivity (Wildman–Crippen MR) is 220 cm³/mol. The number of carbonyl (C=O) groups excluding carboxylic acids is 2. The van der Waals surface area contributed by atoms with Crippen LogP contribution in [0, 0.1) is 0 Å². The molecule has 0 unspecified atom stereocenters. The average molecular weight is 780 g/mol.